The summed E-state index contributed by atoms with van der Waals surface area (Å²) in [6, 6.07) is 4.79. The van der Waals surface area contributed by atoms with E-state index in [0.717, 1.165) is 0 Å². The third-order valence-corrected chi connectivity index (χ3v) is 6.27. The Kier molecular flexibility index (Phi) is 5.15. The summed E-state index contributed by atoms with van der Waals surface area (Å²) >= 11 is 0. The number of rotatable bonds is 2. The molecule has 3 rings (SSSR count). The first kappa shape index (κ1) is 18.3. The zero-order valence-electron chi connectivity index (χ0n) is 13.3. The number of benzene rings is 1. The van der Waals surface area contributed by atoms with Crippen molar-refractivity contribution in [2.24, 2.45) is 11.1 Å². The molecule has 1 aromatic rings. The van der Waals surface area contributed by atoms with Gasteiger partial charge >= 0.3 is 0 Å². The summed E-state index contributed by atoms with van der Waals surface area (Å²) < 4.78 is 38.1. The lowest BCUT2D eigenvalue weighted by atomic mass is 9.81. The van der Waals surface area contributed by atoms with Gasteiger partial charge in [-0.1, -0.05) is 13.8 Å². The fraction of sp³-hybridized carbons (Fsp3) is 0.600. The minimum Gasteiger partial charge on any atom is -0.486 e. The van der Waals surface area contributed by atoms with Crippen LogP contribution in [0.15, 0.2) is 23.1 Å². The molecule has 1 fully saturated rings. The molecule has 1 atom stereocenters. The molecule has 0 amide bonds. The van der Waals surface area contributed by atoms with E-state index in [1.807, 2.05) is 13.8 Å². The highest BCUT2D eigenvalue weighted by atomic mass is 35.5. The van der Waals surface area contributed by atoms with Crippen LogP contribution in [0.3, 0.4) is 0 Å². The van der Waals surface area contributed by atoms with Crippen LogP contribution in [-0.2, 0) is 10.0 Å². The van der Waals surface area contributed by atoms with Gasteiger partial charge in [0.05, 0.1) is 4.90 Å². The third kappa shape index (κ3) is 3.42. The molecule has 0 aliphatic carbocycles. The van der Waals surface area contributed by atoms with Crippen LogP contribution in [-0.4, -0.2) is 45.1 Å². The van der Waals surface area contributed by atoms with Crippen LogP contribution in [0.4, 0.5) is 0 Å². The van der Waals surface area contributed by atoms with Crippen LogP contribution in [0.5, 0.6) is 11.5 Å². The summed E-state index contributed by atoms with van der Waals surface area (Å²) in [5, 5.41) is 0. The SMILES string of the molecule is CC1(C)CN(S(=O)(=O)c2ccc3c(c2)OCCO3)CCC1N.Cl. The Morgan fingerprint density at radius 3 is 2.52 bits per heavy atom. The third-order valence-electron chi connectivity index (χ3n) is 4.43. The Balaban J connectivity index is 0.00000192. The summed E-state index contributed by atoms with van der Waals surface area (Å²) in [6.45, 7) is 5.79. The Hall–Kier alpha value is -1.02. The molecule has 1 aromatic carbocycles. The molecule has 8 heteroatoms. The van der Waals surface area contributed by atoms with E-state index < -0.39 is 10.0 Å². The second-order valence-corrected chi connectivity index (χ2v) is 8.47. The van der Waals surface area contributed by atoms with Gasteiger partial charge in [0.15, 0.2) is 11.5 Å². The summed E-state index contributed by atoms with van der Waals surface area (Å²) in [6.07, 6.45) is 0.663. The first-order chi connectivity index (χ1) is 10.3. The minimum atomic E-state index is -3.55. The van der Waals surface area contributed by atoms with Gasteiger partial charge in [-0.25, -0.2) is 8.42 Å². The van der Waals surface area contributed by atoms with E-state index in [9.17, 15) is 8.42 Å². The van der Waals surface area contributed by atoms with E-state index in [1.54, 1.807) is 18.2 Å². The molecule has 2 N–H and O–H groups in total. The monoisotopic (exact) mass is 362 g/mol. The number of halogens is 1. The van der Waals surface area contributed by atoms with Gasteiger partial charge < -0.3 is 15.2 Å². The molecule has 1 unspecified atom stereocenters. The van der Waals surface area contributed by atoms with Gasteiger partial charge in [-0.2, -0.15) is 4.31 Å². The number of nitrogens with two attached hydrogens (primary N) is 1. The second-order valence-electron chi connectivity index (χ2n) is 6.53. The van der Waals surface area contributed by atoms with Crippen LogP contribution in [0, 0.1) is 5.41 Å². The molecule has 130 valence electrons. The Morgan fingerprint density at radius 1 is 1.22 bits per heavy atom. The quantitative estimate of drug-likeness (QED) is 0.864. The van der Waals surface area contributed by atoms with Gasteiger partial charge in [0.25, 0.3) is 0 Å². The number of sulfonamides is 1. The van der Waals surface area contributed by atoms with Crippen molar-refractivity contribution in [3.05, 3.63) is 18.2 Å². The molecule has 0 spiro atoms. The Morgan fingerprint density at radius 2 is 1.87 bits per heavy atom. The molecule has 0 saturated carbocycles. The molecule has 0 aromatic heterocycles. The topological polar surface area (TPSA) is 81.9 Å². The van der Waals surface area contributed by atoms with E-state index in [4.69, 9.17) is 15.2 Å². The predicted molar refractivity (Wildman–Crippen MR) is 89.8 cm³/mol. The largest absolute Gasteiger partial charge is 0.486 e. The molecule has 23 heavy (non-hydrogen) atoms. The van der Waals surface area contributed by atoms with Crippen LogP contribution >= 0.6 is 12.4 Å². The highest BCUT2D eigenvalue weighted by Gasteiger charge is 2.39. The molecule has 1 saturated heterocycles. The molecule has 6 nitrogen and oxygen atoms in total. The van der Waals surface area contributed by atoms with Crippen molar-refractivity contribution in [1.82, 2.24) is 4.31 Å². The van der Waals surface area contributed by atoms with Crippen molar-refractivity contribution in [1.29, 1.82) is 0 Å². The average molecular weight is 363 g/mol. The number of piperidine rings is 1. The number of ether oxygens (including phenoxy) is 2. The first-order valence-corrected chi connectivity index (χ1v) is 8.90. The van der Waals surface area contributed by atoms with E-state index >= 15 is 0 Å². The molecule has 2 heterocycles. The lowest BCUT2D eigenvalue weighted by Gasteiger charge is -2.41. The first-order valence-electron chi connectivity index (χ1n) is 7.46. The normalized spacial score (nSPS) is 23.9. The zero-order chi connectivity index (χ0) is 16.0. The average Bonchev–Trinajstić information content (AvgIpc) is 2.49. The number of nitrogens with zero attached hydrogens (tertiary/aromatic N) is 1. The molecular weight excluding hydrogens is 340 g/mol. The maximum Gasteiger partial charge on any atom is 0.243 e. The van der Waals surface area contributed by atoms with Crippen LogP contribution in [0.25, 0.3) is 0 Å². The molecule has 2 aliphatic heterocycles. The van der Waals surface area contributed by atoms with Crippen LogP contribution < -0.4 is 15.2 Å². The van der Waals surface area contributed by atoms with Crippen molar-refractivity contribution in [3.63, 3.8) is 0 Å². The van der Waals surface area contributed by atoms with Crippen LogP contribution in [0.2, 0.25) is 0 Å². The van der Waals surface area contributed by atoms with Gasteiger partial charge in [0.1, 0.15) is 13.2 Å². The van der Waals surface area contributed by atoms with Gasteiger partial charge in [0, 0.05) is 25.2 Å². The smallest absolute Gasteiger partial charge is 0.243 e. The van der Waals surface area contributed by atoms with E-state index in [1.165, 1.54) is 4.31 Å². The summed E-state index contributed by atoms with van der Waals surface area (Å²) in [7, 11) is -3.55. The number of fused-ring (bicyclic) bond motifs is 1. The van der Waals surface area contributed by atoms with Crippen molar-refractivity contribution < 1.29 is 17.9 Å². The summed E-state index contributed by atoms with van der Waals surface area (Å²) in [5.74, 6) is 1.08. The van der Waals surface area contributed by atoms with E-state index in [2.05, 4.69) is 0 Å². The Labute approximate surface area is 143 Å². The standard InChI is InChI=1S/C15H22N2O4S.ClH/c1-15(2)10-17(6-5-14(15)16)22(18,19)11-3-4-12-13(9-11)21-8-7-20-12;/h3-4,9,14H,5-8,10,16H2,1-2H3;1H. The van der Waals surface area contributed by atoms with Gasteiger partial charge in [-0.15, -0.1) is 12.4 Å². The highest BCUT2D eigenvalue weighted by Crippen LogP contribution is 2.35. The van der Waals surface area contributed by atoms with Crippen molar-refractivity contribution >= 4 is 22.4 Å². The minimum absolute atomic E-state index is 0. The van der Waals surface area contributed by atoms with Crippen molar-refractivity contribution in [2.45, 2.75) is 31.2 Å². The molecular formula is C15H23ClN2O4S. The van der Waals surface area contributed by atoms with Crippen molar-refractivity contribution in [2.75, 3.05) is 26.3 Å². The second kappa shape index (κ2) is 6.47. The zero-order valence-corrected chi connectivity index (χ0v) is 15.0. The number of hydrogen-bond donors (Lipinski definition) is 1. The maximum absolute atomic E-state index is 12.9. The fourth-order valence-electron chi connectivity index (χ4n) is 2.86. The maximum atomic E-state index is 12.9. The Bertz CT molecular complexity index is 678. The lowest BCUT2D eigenvalue weighted by molar-refractivity contribution is 0.155. The van der Waals surface area contributed by atoms with E-state index in [-0.39, 0.29) is 28.8 Å². The van der Waals surface area contributed by atoms with Crippen LogP contribution in [0.1, 0.15) is 20.3 Å². The molecule has 0 bridgehead atoms. The molecule has 0 radical (unpaired) electrons. The van der Waals surface area contributed by atoms with Gasteiger partial charge in [-0.3, -0.25) is 0 Å². The van der Waals surface area contributed by atoms with Gasteiger partial charge in [0.2, 0.25) is 10.0 Å². The lowest BCUT2D eigenvalue weighted by Crippen LogP contribution is -2.53. The fourth-order valence-corrected chi connectivity index (χ4v) is 4.51. The predicted octanol–water partition coefficient (Wildman–Crippen LogP) is 1.63. The summed E-state index contributed by atoms with van der Waals surface area (Å²) in [5.41, 5.74) is 5.85. The van der Waals surface area contributed by atoms with E-state index in [0.29, 0.717) is 44.2 Å². The number of hydrogen-bond acceptors (Lipinski definition) is 5. The van der Waals surface area contributed by atoms with Crippen molar-refractivity contribution in [3.8, 4) is 11.5 Å². The summed E-state index contributed by atoms with van der Waals surface area (Å²) in [4.78, 5) is 0.239. The highest BCUT2D eigenvalue weighted by molar-refractivity contribution is 7.89. The van der Waals surface area contributed by atoms with Gasteiger partial charge in [-0.05, 0) is 24.0 Å². The molecule has 2 aliphatic rings.